The van der Waals surface area contributed by atoms with Crippen LogP contribution in [0.1, 0.15) is 85.5 Å². The molecule has 0 aromatic heterocycles. The first kappa shape index (κ1) is 15.0. The van der Waals surface area contributed by atoms with Crippen LogP contribution in [-0.4, -0.2) is 5.54 Å². The molecule has 1 saturated carbocycles. The van der Waals surface area contributed by atoms with Gasteiger partial charge in [0.2, 0.25) is 0 Å². The maximum atomic E-state index is 6.82. The minimum Gasteiger partial charge on any atom is -0.325 e. The summed E-state index contributed by atoms with van der Waals surface area (Å²) >= 11 is 0. The maximum absolute atomic E-state index is 6.82. The van der Waals surface area contributed by atoms with Crippen molar-refractivity contribution in [1.82, 2.24) is 0 Å². The lowest BCUT2D eigenvalue weighted by molar-refractivity contribution is 0.0564. The zero-order valence-corrected chi connectivity index (χ0v) is 12.5. The molecule has 1 fully saturated rings. The van der Waals surface area contributed by atoms with E-state index in [4.69, 9.17) is 5.73 Å². The minimum absolute atomic E-state index is 0.0251. The number of unbranched alkanes of at least 4 members (excludes halogenated alkanes) is 1. The average molecular weight is 239 g/mol. The molecule has 2 N–H and O–H groups in total. The van der Waals surface area contributed by atoms with E-state index < -0.39 is 0 Å². The highest BCUT2D eigenvalue weighted by Crippen LogP contribution is 2.46. The molecular weight excluding hydrogens is 206 g/mol. The van der Waals surface area contributed by atoms with Gasteiger partial charge in [-0.2, -0.15) is 0 Å². The van der Waals surface area contributed by atoms with Crippen LogP contribution in [0.15, 0.2) is 0 Å². The van der Waals surface area contributed by atoms with Gasteiger partial charge < -0.3 is 5.73 Å². The fraction of sp³-hybridized carbons (Fsp3) is 1.00. The summed E-state index contributed by atoms with van der Waals surface area (Å²) < 4.78 is 0. The van der Waals surface area contributed by atoms with Crippen LogP contribution >= 0.6 is 0 Å². The van der Waals surface area contributed by atoms with Crippen molar-refractivity contribution in [3.05, 3.63) is 0 Å². The van der Waals surface area contributed by atoms with Gasteiger partial charge in [-0.1, -0.05) is 52.9 Å². The SMILES string of the molecule is CCCCC(C)(CC)C(C)(N)C1CCCCC1. The van der Waals surface area contributed by atoms with Crippen LogP contribution in [0.2, 0.25) is 0 Å². The molecule has 2 atom stereocenters. The summed E-state index contributed by atoms with van der Waals surface area (Å²) in [6.07, 6.45) is 12.0. The molecule has 0 saturated heterocycles. The maximum Gasteiger partial charge on any atom is 0.0208 e. The Labute approximate surface area is 109 Å². The Kier molecular flexibility index (Phi) is 5.50. The molecule has 0 heterocycles. The van der Waals surface area contributed by atoms with Gasteiger partial charge in [0.25, 0.3) is 0 Å². The van der Waals surface area contributed by atoms with Gasteiger partial charge in [-0.05, 0) is 43.9 Å². The molecular formula is C16H33N. The smallest absolute Gasteiger partial charge is 0.0208 e. The summed E-state index contributed by atoms with van der Waals surface area (Å²) in [6.45, 7) is 9.37. The molecule has 102 valence electrons. The predicted octanol–water partition coefficient (Wildman–Crippen LogP) is 4.89. The van der Waals surface area contributed by atoms with E-state index in [1.54, 1.807) is 0 Å². The van der Waals surface area contributed by atoms with Crippen molar-refractivity contribution in [2.75, 3.05) is 0 Å². The normalized spacial score (nSPS) is 25.2. The van der Waals surface area contributed by atoms with Crippen molar-refractivity contribution in [3.8, 4) is 0 Å². The Morgan fingerprint density at radius 1 is 1.06 bits per heavy atom. The summed E-state index contributed by atoms with van der Waals surface area (Å²) in [5.74, 6) is 0.748. The fourth-order valence-electron chi connectivity index (χ4n) is 3.59. The Hall–Kier alpha value is -0.0400. The summed E-state index contributed by atoms with van der Waals surface area (Å²) in [4.78, 5) is 0. The molecule has 0 aromatic carbocycles. The third-order valence-electron chi connectivity index (χ3n) is 5.62. The molecule has 17 heavy (non-hydrogen) atoms. The lowest BCUT2D eigenvalue weighted by Gasteiger charge is -2.50. The molecule has 1 aliphatic carbocycles. The molecule has 1 aliphatic rings. The fourth-order valence-corrected chi connectivity index (χ4v) is 3.59. The topological polar surface area (TPSA) is 26.0 Å². The van der Waals surface area contributed by atoms with Crippen molar-refractivity contribution in [2.24, 2.45) is 17.1 Å². The molecule has 0 bridgehead atoms. The van der Waals surface area contributed by atoms with Crippen molar-refractivity contribution < 1.29 is 0 Å². The average Bonchev–Trinajstić information content (AvgIpc) is 2.36. The first-order valence-electron chi connectivity index (χ1n) is 7.77. The molecule has 0 spiro atoms. The monoisotopic (exact) mass is 239 g/mol. The van der Waals surface area contributed by atoms with E-state index in [1.165, 1.54) is 57.8 Å². The summed E-state index contributed by atoms with van der Waals surface area (Å²) in [5.41, 5.74) is 7.17. The zero-order valence-electron chi connectivity index (χ0n) is 12.5. The zero-order chi connectivity index (χ0) is 12.9. The van der Waals surface area contributed by atoms with Crippen LogP contribution in [0, 0.1) is 11.3 Å². The number of rotatable bonds is 6. The molecule has 0 aliphatic heterocycles. The van der Waals surface area contributed by atoms with Crippen LogP contribution in [0.4, 0.5) is 0 Å². The second-order valence-corrected chi connectivity index (χ2v) is 6.64. The summed E-state index contributed by atoms with van der Waals surface area (Å²) in [5, 5.41) is 0. The van der Waals surface area contributed by atoms with Crippen molar-refractivity contribution in [2.45, 2.75) is 91.0 Å². The lowest BCUT2D eigenvalue weighted by Crippen LogP contribution is -2.57. The van der Waals surface area contributed by atoms with Gasteiger partial charge in [0.15, 0.2) is 0 Å². The summed E-state index contributed by atoms with van der Waals surface area (Å²) in [7, 11) is 0. The number of nitrogens with two attached hydrogens (primary N) is 1. The molecule has 1 nitrogen and oxygen atoms in total. The molecule has 0 aromatic rings. The van der Waals surface area contributed by atoms with Crippen molar-refractivity contribution in [3.63, 3.8) is 0 Å². The van der Waals surface area contributed by atoms with Crippen LogP contribution in [0.5, 0.6) is 0 Å². The van der Waals surface area contributed by atoms with Gasteiger partial charge in [0, 0.05) is 5.54 Å². The second kappa shape index (κ2) is 6.22. The van der Waals surface area contributed by atoms with Crippen LogP contribution in [0.25, 0.3) is 0 Å². The van der Waals surface area contributed by atoms with Gasteiger partial charge in [-0.15, -0.1) is 0 Å². The van der Waals surface area contributed by atoms with Gasteiger partial charge in [-0.3, -0.25) is 0 Å². The second-order valence-electron chi connectivity index (χ2n) is 6.64. The first-order valence-corrected chi connectivity index (χ1v) is 7.77. The van der Waals surface area contributed by atoms with Crippen molar-refractivity contribution >= 4 is 0 Å². The number of hydrogen-bond acceptors (Lipinski definition) is 1. The van der Waals surface area contributed by atoms with E-state index in [0.29, 0.717) is 5.41 Å². The third kappa shape index (κ3) is 3.24. The van der Waals surface area contributed by atoms with E-state index in [2.05, 4.69) is 27.7 Å². The van der Waals surface area contributed by atoms with Crippen LogP contribution in [0.3, 0.4) is 0 Å². The Bertz CT molecular complexity index is 216. The van der Waals surface area contributed by atoms with Gasteiger partial charge >= 0.3 is 0 Å². The number of hydrogen-bond donors (Lipinski definition) is 1. The largest absolute Gasteiger partial charge is 0.325 e. The van der Waals surface area contributed by atoms with E-state index in [-0.39, 0.29) is 5.54 Å². The standard InChI is InChI=1S/C16H33N/c1-5-7-13-15(3,6-2)16(4,17)14-11-9-8-10-12-14/h14H,5-13,17H2,1-4H3. The van der Waals surface area contributed by atoms with E-state index in [9.17, 15) is 0 Å². The van der Waals surface area contributed by atoms with E-state index in [0.717, 1.165) is 5.92 Å². The molecule has 1 heteroatoms. The van der Waals surface area contributed by atoms with E-state index in [1.807, 2.05) is 0 Å². The van der Waals surface area contributed by atoms with Gasteiger partial charge in [0.1, 0.15) is 0 Å². The molecule has 2 unspecified atom stereocenters. The predicted molar refractivity (Wildman–Crippen MR) is 77.1 cm³/mol. The van der Waals surface area contributed by atoms with Crippen LogP contribution in [-0.2, 0) is 0 Å². The highest BCUT2D eigenvalue weighted by molar-refractivity contribution is 5.01. The quantitative estimate of drug-likeness (QED) is 0.701. The van der Waals surface area contributed by atoms with Gasteiger partial charge in [0.05, 0.1) is 0 Å². The Morgan fingerprint density at radius 3 is 2.12 bits per heavy atom. The van der Waals surface area contributed by atoms with E-state index >= 15 is 0 Å². The summed E-state index contributed by atoms with van der Waals surface area (Å²) in [6, 6.07) is 0. The molecule has 0 amide bonds. The minimum atomic E-state index is 0.0251. The third-order valence-corrected chi connectivity index (χ3v) is 5.62. The lowest BCUT2D eigenvalue weighted by atomic mass is 9.59. The Balaban J connectivity index is 2.75. The van der Waals surface area contributed by atoms with Crippen molar-refractivity contribution in [1.29, 1.82) is 0 Å². The molecule has 0 radical (unpaired) electrons. The highest BCUT2D eigenvalue weighted by Gasteiger charge is 2.44. The first-order chi connectivity index (χ1) is 7.98. The highest BCUT2D eigenvalue weighted by atomic mass is 14.8. The van der Waals surface area contributed by atoms with Gasteiger partial charge in [-0.25, -0.2) is 0 Å². The Morgan fingerprint density at radius 2 is 1.65 bits per heavy atom. The van der Waals surface area contributed by atoms with Crippen LogP contribution < -0.4 is 5.73 Å². The molecule has 1 rings (SSSR count).